The monoisotopic (exact) mass is 459 g/mol. The standard InChI is InChI=1S/C22H16Cl3N3O2/c1-12-8-15(13(2)28(12)18-5-3-4-17(24)21(18)25)11-26-27-22(29)20-10-14-9-16(23)6-7-19(14)30-20/h3-11H,1-2H3,(H,27,29)/b26-11+. The summed E-state index contributed by atoms with van der Waals surface area (Å²) in [6.45, 7) is 3.90. The van der Waals surface area contributed by atoms with Crippen LogP contribution in [-0.2, 0) is 0 Å². The number of amides is 1. The summed E-state index contributed by atoms with van der Waals surface area (Å²) in [5.74, 6) is -0.300. The number of nitrogens with one attached hydrogen (secondary N) is 1. The maximum absolute atomic E-state index is 12.4. The number of hydrazone groups is 1. The number of aromatic nitrogens is 1. The summed E-state index contributed by atoms with van der Waals surface area (Å²) in [5, 5.41) is 6.35. The summed E-state index contributed by atoms with van der Waals surface area (Å²) >= 11 is 18.5. The second-order valence-electron chi connectivity index (χ2n) is 6.73. The number of hydrogen-bond acceptors (Lipinski definition) is 3. The maximum atomic E-state index is 12.4. The lowest BCUT2D eigenvalue weighted by Gasteiger charge is -2.12. The first kappa shape index (κ1) is 20.5. The van der Waals surface area contributed by atoms with E-state index < -0.39 is 5.91 Å². The van der Waals surface area contributed by atoms with E-state index in [4.69, 9.17) is 39.2 Å². The van der Waals surface area contributed by atoms with Crippen LogP contribution in [0.25, 0.3) is 16.7 Å². The molecule has 0 saturated heterocycles. The predicted molar refractivity (Wildman–Crippen MR) is 122 cm³/mol. The second-order valence-corrected chi connectivity index (χ2v) is 7.95. The zero-order valence-corrected chi connectivity index (χ0v) is 18.3. The molecule has 0 aliphatic carbocycles. The van der Waals surface area contributed by atoms with Crippen LogP contribution >= 0.6 is 34.8 Å². The summed E-state index contributed by atoms with van der Waals surface area (Å²) in [6.07, 6.45) is 1.58. The van der Waals surface area contributed by atoms with Gasteiger partial charge in [0.15, 0.2) is 5.76 Å². The summed E-state index contributed by atoms with van der Waals surface area (Å²) in [5.41, 5.74) is 6.55. The third-order valence-electron chi connectivity index (χ3n) is 4.71. The third-order valence-corrected chi connectivity index (χ3v) is 5.76. The normalized spacial score (nSPS) is 11.5. The third kappa shape index (κ3) is 3.84. The van der Waals surface area contributed by atoms with E-state index in [1.807, 2.05) is 36.6 Å². The van der Waals surface area contributed by atoms with Crippen molar-refractivity contribution in [3.05, 3.63) is 86.3 Å². The molecule has 0 aliphatic rings. The Kier molecular flexibility index (Phi) is 5.60. The average Bonchev–Trinajstić information content (AvgIpc) is 3.25. The van der Waals surface area contributed by atoms with Gasteiger partial charge in [-0.05, 0) is 56.3 Å². The van der Waals surface area contributed by atoms with Gasteiger partial charge in [-0.15, -0.1) is 0 Å². The molecule has 0 aliphatic heterocycles. The van der Waals surface area contributed by atoms with E-state index in [0.29, 0.717) is 20.7 Å². The van der Waals surface area contributed by atoms with Gasteiger partial charge in [0.25, 0.3) is 0 Å². The van der Waals surface area contributed by atoms with Crippen LogP contribution in [0.2, 0.25) is 15.1 Å². The minimum atomic E-state index is -0.453. The van der Waals surface area contributed by atoms with Crippen LogP contribution in [0.5, 0.6) is 0 Å². The van der Waals surface area contributed by atoms with Gasteiger partial charge < -0.3 is 8.98 Å². The Balaban J connectivity index is 1.55. The number of hydrogen-bond donors (Lipinski definition) is 1. The van der Waals surface area contributed by atoms with Gasteiger partial charge in [0, 0.05) is 27.4 Å². The van der Waals surface area contributed by atoms with Crippen molar-refractivity contribution in [2.45, 2.75) is 13.8 Å². The first-order valence-corrected chi connectivity index (χ1v) is 10.1. The Morgan fingerprint density at radius 3 is 2.70 bits per heavy atom. The van der Waals surface area contributed by atoms with Gasteiger partial charge in [0.2, 0.25) is 0 Å². The fourth-order valence-corrected chi connectivity index (χ4v) is 3.86. The second kappa shape index (κ2) is 8.19. The maximum Gasteiger partial charge on any atom is 0.307 e. The van der Waals surface area contributed by atoms with Gasteiger partial charge >= 0.3 is 5.91 Å². The van der Waals surface area contributed by atoms with Gasteiger partial charge in [-0.25, -0.2) is 5.43 Å². The Hall–Kier alpha value is -2.73. The number of halogens is 3. The van der Waals surface area contributed by atoms with Crippen LogP contribution in [0, 0.1) is 13.8 Å². The van der Waals surface area contributed by atoms with Crippen molar-refractivity contribution in [3.8, 4) is 5.69 Å². The molecule has 0 atom stereocenters. The molecule has 4 aromatic rings. The molecule has 30 heavy (non-hydrogen) atoms. The number of carbonyl (C=O) groups is 1. The zero-order chi connectivity index (χ0) is 21.4. The van der Waals surface area contributed by atoms with Gasteiger partial charge in [-0.1, -0.05) is 40.9 Å². The molecule has 1 amide bonds. The summed E-state index contributed by atoms with van der Waals surface area (Å²) in [7, 11) is 0. The fourth-order valence-electron chi connectivity index (χ4n) is 3.30. The molecule has 8 heteroatoms. The van der Waals surface area contributed by atoms with Crippen molar-refractivity contribution >= 4 is 57.9 Å². The van der Waals surface area contributed by atoms with Crippen molar-refractivity contribution in [2.75, 3.05) is 0 Å². The lowest BCUT2D eigenvalue weighted by atomic mass is 10.2. The smallest absolute Gasteiger partial charge is 0.307 e. The van der Waals surface area contributed by atoms with E-state index in [1.165, 1.54) is 0 Å². The number of fused-ring (bicyclic) bond motifs is 1. The largest absolute Gasteiger partial charge is 0.451 e. The molecule has 0 fully saturated rings. The highest BCUT2D eigenvalue weighted by Crippen LogP contribution is 2.31. The molecule has 4 rings (SSSR count). The topological polar surface area (TPSA) is 59.5 Å². The molecular weight excluding hydrogens is 445 g/mol. The number of carbonyl (C=O) groups excluding carboxylic acids is 1. The molecule has 152 valence electrons. The molecule has 5 nitrogen and oxygen atoms in total. The average molecular weight is 461 g/mol. The zero-order valence-electron chi connectivity index (χ0n) is 16.0. The lowest BCUT2D eigenvalue weighted by Crippen LogP contribution is -2.16. The van der Waals surface area contributed by atoms with Crippen molar-refractivity contribution < 1.29 is 9.21 Å². The lowest BCUT2D eigenvalue weighted by molar-refractivity contribution is 0.0929. The molecule has 0 spiro atoms. The van der Waals surface area contributed by atoms with Crippen LogP contribution < -0.4 is 5.43 Å². The van der Waals surface area contributed by atoms with Crippen molar-refractivity contribution in [3.63, 3.8) is 0 Å². The SMILES string of the molecule is Cc1cc(/C=N/NC(=O)c2cc3cc(Cl)ccc3o2)c(C)n1-c1cccc(Cl)c1Cl. The summed E-state index contributed by atoms with van der Waals surface area (Å²) in [4.78, 5) is 12.4. The molecular formula is C22H16Cl3N3O2. The Morgan fingerprint density at radius 1 is 1.10 bits per heavy atom. The fraction of sp³-hybridized carbons (Fsp3) is 0.0909. The number of benzene rings is 2. The number of furan rings is 1. The van der Waals surface area contributed by atoms with E-state index in [9.17, 15) is 4.79 Å². The molecule has 0 bridgehead atoms. The van der Waals surface area contributed by atoms with Crippen molar-refractivity contribution in [2.24, 2.45) is 5.10 Å². The Morgan fingerprint density at radius 2 is 1.90 bits per heavy atom. The van der Waals surface area contributed by atoms with E-state index in [1.54, 1.807) is 36.5 Å². The highest BCUT2D eigenvalue weighted by atomic mass is 35.5. The molecule has 0 saturated carbocycles. The van der Waals surface area contributed by atoms with Crippen LogP contribution in [0.4, 0.5) is 0 Å². The van der Waals surface area contributed by atoms with E-state index in [0.717, 1.165) is 28.0 Å². The minimum absolute atomic E-state index is 0.153. The quantitative estimate of drug-likeness (QED) is 0.277. The van der Waals surface area contributed by atoms with Gasteiger partial charge in [0.05, 0.1) is 21.9 Å². The molecule has 0 radical (unpaired) electrons. The number of rotatable bonds is 4. The van der Waals surface area contributed by atoms with Crippen LogP contribution in [0.1, 0.15) is 27.5 Å². The van der Waals surface area contributed by atoms with Gasteiger partial charge in [-0.3, -0.25) is 4.79 Å². The molecule has 2 aromatic heterocycles. The molecule has 2 heterocycles. The Bertz CT molecular complexity index is 1300. The van der Waals surface area contributed by atoms with E-state index in [-0.39, 0.29) is 5.76 Å². The van der Waals surface area contributed by atoms with Crippen LogP contribution in [0.3, 0.4) is 0 Å². The Labute approximate surface area is 187 Å². The summed E-state index contributed by atoms with van der Waals surface area (Å²) < 4.78 is 7.53. The summed E-state index contributed by atoms with van der Waals surface area (Å²) in [6, 6.07) is 14.2. The number of aryl methyl sites for hydroxylation is 1. The predicted octanol–water partition coefficient (Wildman–Crippen LogP) is 6.56. The minimum Gasteiger partial charge on any atom is -0.451 e. The van der Waals surface area contributed by atoms with Crippen molar-refractivity contribution in [1.29, 1.82) is 0 Å². The number of nitrogens with zero attached hydrogens (tertiary/aromatic N) is 2. The van der Waals surface area contributed by atoms with E-state index >= 15 is 0 Å². The van der Waals surface area contributed by atoms with Crippen LogP contribution in [0.15, 0.2) is 58.0 Å². The molecule has 2 aromatic carbocycles. The first-order chi connectivity index (χ1) is 14.3. The van der Waals surface area contributed by atoms with Crippen molar-refractivity contribution in [1.82, 2.24) is 9.99 Å². The van der Waals surface area contributed by atoms with Gasteiger partial charge in [0.1, 0.15) is 5.58 Å². The van der Waals surface area contributed by atoms with Crippen LogP contribution in [-0.4, -0.2) is 16.7 Å². The first-order valence-electron chi connectivity index (χ1n) is 9.01. The van der Waals surface area contributed by atoms with Gasteiger partial charge in [-0.2, -0.15) is 5.10 Å². The molecule has 1 N–H and O–H groups in total. The van der Waals surface area contributed by atoms with E-state index in [2.05, 4.69) is 10.5 Å². The molecule has 0 unspecified atom stereocenters. The highest BCUT2D eigenvalue weighted by Gasteiger charge is 2.15. The highest BCUT2D eigenvalue weighted by molar-refractivity contribution is 6.43.